The standard InChI is InChI=1S/C10H15N3.ClH/c11-9-3-1-8(2-4-9)10-5-6-12-7-13-10;/h5-9H,1-4,11H2;1H. The molecule has 0 spiro atoms. The first kappa shape index (κ1) is 11.4. The zero-order chi connectivity index (χ0) is 9.10. The zero-order valence-corrected chi connectivity index (χ0v) is 8.91. The fourth-order valence-electron chi connectivity index (χ4n) is 1.96. The number of aromatic nitrogens is 2. The minimum absolute atomic E-state index is 0. The van der Waals surface area contributed by atoms with Crippen molar-refractivity contribution in [3.63, 3.8) is 0 Å². The topological polar surface area (TPSA) is 51.8 Å². The van der Waals surface area contributed by atoms with Crippen LogP contribution in [-0.2, 0) is 0 Å². The van der Waals surface area contributed by atoms with E-state index in [1.54, 1.807) is 6.33 Å². The Labute approximate surface area is 90.5 Å². The quantitative estimate of drug-likeness (QED) is 0.775. The maximum Gasteiger partial charge on any atom is 0.115 e. The number of halogens is 1. The number of nitrogens with zero attached hydrogens (tertiary/aromatic N) is 2. The molecule has 0 aromatic carbocycles. The van der Waals surface area contributed by atoms with Gasteiger partial charge < -0.3 is 5.73 Å². The summed E-state index contributed by atoms with van der Waals surface area (Å²) in [5, 5.41) is 0. The lowest BCUT2D eigenvalue weighted by molar-refractivity contribution is 0.390. The van der Waals surface area contributed by atoms with Crippen molar-refractivity contribution in [1.29, 1.82) is 0 Å². The Hall–Kier alpha value is -0.670. The second-order valence-electron chi connectivity index (χ2n) is 3.75. The SMILES string of the molecule is Cl.NC1CCC(c2ccncn2)CC1. The van der Waals surface area contributed by atoms with E-state index in [2.05, 4.69) is 9.97 Å². The van der Waals surface area contributed by atoms with Crippen LogP contribution in [0.5, 0.6) is 0 Å². The Morgan fingerprint density at radius 3 is 2.50 bits per heavy atom. The zero-order valence-electron chi connectivity index (χ0n) is 8.10. The van der Waals surface area contributed by atoms with Gasteiger partial charge in [0.15, 0.2) is 0 Å². The summed E-state index contributed by atoms with van der Waals surface area (Å²) in [5.41, 5.74) is 7.02. The molecule has 1 aromatic rings. The number of rotatable bonds is 1. The van der Waals surface area contributed by atoms with E-state index in [-0.39, 0.29) is 12.4 Å². The third kappa shape index (κ3) is 2.66. The van der Waals surface area contributed by atoms with Crippen LogP contribution >= 0.6 is 12.4 Å². The molecule has 1 saturated carbocycles. The molecule has 1 heterocycles. The van der Waals surface area contributed by atoms with Crippen LogP contribution in [0, 0.1) is 0 Å². The van der Waals surface area contributed by atoms with Gasteiger partial charge in [-0.15, -0.1) is 12.4 Å². The lowest BCUT2D eigenvalue weighted by atomic mass is 9.84. The van der Waals surface area contributed by atoms with Gasteiger partial charge in [0, 0.05) is 23.9 Å². The van der Waals surface area contributed by atoms with E-state index in [1.165, 1.54) is 18.5 Å². The highest BCUT2D eigenvalue weighted by atomic mass is 35.5. The molecule has 0 unspecified atom stereocenters. The average Bonchev–Trinajstić information content (AvgIpc) is 2.20. The predicted molar refractivity (Wildman–Crippen MR) is 58.5 cm³/mol. The van der Waals surface area contributed by atoms with E-state index in [9.17, 15) is 0 Å². The highest BCUT2D eigenvalue weighted by Crippen LogP contribution is 2.30. The fraction of sp³-hybridized carbons (Fsp3) is 0.600. The molecule has 78 valence electrons. The van der Waals surface area contributed by atoms with Crippen LogP contribution in [0.4, 0.5) is 0 Å². The van der Waals surface area contributed by atoms with Crippen LogP contribution in [0.2, 0.25) is 0 Å². The fourth-order valence-corrected chi connectivity index (χ4v) is 1.96. The third-order valence-electron chi connectivity index (χ3n) is 2.79. The maximum absolute atomic E-state index is 5.84. The first-order chi connectivity index (χ1) is 6.36. The summed E-state index contributed by atoms with van der Waals surface area (Å²) >= 11 is 0. The number of nitrogens with two attached hydrogens (primary N) is 1. The van der Waals surface area contributed by atoms with Crippen molar-refractivity contribution in [2.24, 2.45) is 5.73 Å². The molecule has 0 saturated heterocycles. The molecule has 3 nitrogen and oxygen atoms in total. The monoisotopic (exact) mass is 213 g/mol. The van der Waals surface area contributed by atoms with Crippen LogP contribution in [0.1, 0.15) is 37.3 Å². The summed E-state index contributed by atoms with van der Waals surface area (Å²) in [6, 6.07) is 2.43. The van der Waals surface area contributed by atoms with E-state index >= 15 is 0 Å². The van der Waals surface area contributed by atoms with Crippen molar-refractivity contribution >= 4 is 12.4 Å². The van der Waals surface area contributed by atoms with Crippen molar-refractivity contribution in [3.8, 4) is 0 Å². The summed E-state index contributed by atoms with van der Waals surface area (Å²) in [4.78, 5) is 8.19. The van der Waals surface area contributed by atoms with Crippen molar-refractivity contribution < 1.29 is 0 Å². The van der Waals surface area contributed by atoms with E-state index in [0.29, 0.717) is 12.0 Å². The Balaban J connectivity index is 0.000000980. The van der Waals surface area contributed by atoms with Gasteiger partial charge in [-0.25, -0.2) is 9.97 Å². The third-order valence-corrected chi connectivity index (χ3v) is 2.79. The van der Waals surface area contributed by atoms with E-state index in [1.807, 2.05) is 12.3 Å². The predicted octanol–water partition coefficient (Wildman–Crippen LogP) is 1.88. The molecule has 0 amide bonds. The molecule has 1 aliphatic carbocycles. The number of hydrogen-bond donors (Lipinski definition) is 1. The first-order valence-corrected chi connectivity index (χ1v) is 4.88. The van der Waals surface area contributed by atoms with Gasteiger partial charge in [0.1, 0.15) is 6.33 Å². The molecule has 4 heteroatoms. The first-order valence-electron chi connectivity index (χ1n) is 4.88. The van der Waals surface area contributed by atoms with Crippen LogP contribution in [0.15, 0.2) is 18.6 Å². The van der Waals surface area contributed by atoms with E-state index in [4.69, 9.17) is 5.73 Å². The molecule has 1 aliphatic rings. The van der Waals surface area contributed by atoms with Crippen LogP contribution < -0.4 is 5.73 Å². The normalized spacial score (nSPS) is 26.6. The maximum atomic E-state index is 5.84. The van der Waals surface area contributed by atoms with Crippen LogP contribution in [0.3, 0.4) is 0 Å². The molecule has 0 radical (unpaired) electrons. The molecule has 0 aliphatic heterocycles. The largest absolute Gasteiger partial charge is 0.328 e. The van der Waals surface area contributed by atoms with Gasteiger partial charge >= 0.3 is 0 Å². The molecule has 14 heavy (non-hydrogen) atoms. The van der Waals surface area contributed by atoms with Crippen LogP contribution in [0.25, 0.3) is 0 Å². The molecule has 0 bridgehead atoms. The lowest BCUT2D eigenvalue weighted by Crippen LogP contribution is -2.25. The minimum Gasteiger partial charge on any atom is -0.328 e. The summed E-state index contributed by atoms with van der Waals surface area (Å²) in [6.45, 7) is 0. The lowest BCUT2D eigenvalue weighted by Gasteiger charge is -2.25. The molecule has 1 aromatic heterocycles. The summed E-state index contributed by atoms with van der Waals surface area (Å²) in [7, 11) is 0. The minimum atomic E-state index is 0. The second-order valence-corrected chi connectivity index (χ2v) is 3.75. The Bertz CT molecular complexity index is 257. The van der Waals surface area contributed by atoms with Gasteiger partial charge in [0.2, 0.25) is 0 Å². The summed E-state index contributed by atoms with van der Waals surface area (Å²) in [5.74, 6) is 0.614. The van der Waals surface area contributed by atoms with Gasteiger partial charge in [-0.05, 0) is 31.7 Å². The van der Waals surface area contributed by atoms with E-state index in [0.717, 1.165) is 12.8 Å². The highest BCUT2D eigenvalue weighted by Gasteiger charge is 2.20. The van der Waals surface area contributed by atoms with Crippen molar-refractivity contribution in [3.05, 3.63) is 24.3 Å². The second kappa shape index (κ2) is 5.27. The molecule has 2 rings (SSSR count). The van der Waals surface area contributed by atoms with Crippen LogP contribution in [-0.4, -0.2) is 16.0 Å². The van der Waals surface area contributed by atoms with Gasteiger partial charge in [-0.2, -0.15) is 0 Å². The Morgan fingerprint density at radius 2 is 1.93 bits per heavy atom. The molecular weight excluding hydrogens is 198 g/mol. The number of hydrogen-bond acceptors (Lipinski definition) is 3. The smallest absolute Gasteiger partial charge is 0.115 e. The van der Waals surface area contributed by atoms with Gasteiger partial charge in [-0.3, -0.25) is 0 Å². The summed E-state index contributed by atoms with van der Waals surface area (Å²) < 4.78 is 0. The van der Waals surface area contributed by atoms with Gasteiger partial charge in [0.05, 0.1) is 0 Å². The highest BCUT2D eigenvalue weighted by molar-refractivity contribution is 5.85. The van der Waals surface area contributed by atoms with Gasteiger partial charge in [-0.1, -0.05) is 0 Å². The molecule has 1 fully saturated rings. The van der Waals surface area contributed by atoms with Crippen molar-refractivity contribution in [2.45, 2.75) is 37.6 Å². The Kier molecular flexibility index (Phi) is 4.29. The molecular formula is C10H16ClN3. The summed E-state index contributed by atoms with van der Waals surface area (Å²) in [6.07, 6.45) is 8.07. The molecule has 2 N–H and O–H groups in total. The average molecular weight is 214 g/mol. The van der Waals surface area contributed by atoms with Gasteiger partial charge in [0.25, 0.3) is 0 Å². The van der Waals surface area contributed by atoms with E-state index < -0.39 is 0 Å². The van der Waals surface area contributed by atoms with Crippen molar-refractivity contribution in [1.82, 2.24) is 9.97 Å². The molecule has 0 atom stereocenters. The Morgan fingerprint density at radius 1 is 1.21 bits per heavy atom. The van der Waals surface area contributed by atoms with Crippen molar-refractivity contribution in [2.75, 3.05) is 0 Å².